The van der Waals surface area contributed by atoms with Gasteiger partial charge in [0, 0.05) is 12.2 Å². The fourth-order valence-electron chi connectivity index (χ4n) is 1.94. The fourth-order valence-corrected chi connectivity index (χ4v) is 1.94. The maximum atomic E-state index is 11.8. The molecular weight excluding hydrogens is 202 g/mol. The lowest BCUT2D eigenvalue weighted by molar-refractivity contribution is -0.151. The molecule has 1 atom stereocenters. The molecule has 1 aromatic carbocycles. The minimum absolute atomic E-state index is 0.0373. The summed E-state index contributed by atoms with van der Waals surface area (Å²) in [5.74, 6) is -0.158. The van der Waals surface area contributed by atoms with Gasteiger partial charge in [-0.1, -0.05) is 18.2 Å². The van der Waals surface area contributed by atoms with Crippen LogP contribution in [0.4, 0.5) is 5.69 Å². The Hall–Kier alpha value is -1.51. The van der Waals surface area contributed by atoms with E-state index in [9.17, 15) is 4.79 Å². The Bertz CT molecular complexity index is 387. The number of benzene rings is 1. The van der Waals surface area contributed by atoms with E-state index in [-0.39, 0.29) is 18.0 Å². The summed E-state index contributed by atoms with van der Waals surface area (Å²) >= 11 is 0. The van der Waals surface area contributed by atoms with Gasteiger partial charge in [-0.25, -0.2) is 0 Å². The van der Waals surface area contributed by atoms with Gasteiger partial charge >= 0.3 is 5.97 Å². The number of carbonyl (C=O) groups is 1. The third-order valence-corrected chi connectivity index (χ3v) is 2.71. The van der Waals surface area contributed by atoms with Gasteiger partial charge < -0.3 is 10.1 Å². The maximum absolute atomic E-state index is 11.8. The number of carbonyl (C=O) groups excluding carboxylic acids is 1. The summed E-state index contributed by atoms with van der Waals surface area (Å²) < 4.78 is 5.23. The van der Waals surface area contributed by atoms with Crippen LogP contribution in [0.2, 0.25) is 0 Å². The molecule has 0 amide bonds. The highest BCUT2D eigenvalue weighted by Gasteiger charge is 2.25. The van der Waals surface area contributed by atoms with E-state index < -0.39 is 0 Å². The zero-order valence-electron chi connectivity index (χ0n) is 9.69. The Labute approximate surface area is 95.8 Å². The summed E-state index contributed by atoms with van der Waals surface area (Å²) in [7, 11) is 0. The smallest absolute Gasteiger partial charge is 0.311 e. The molecule has 0 fully saturated rings. The number of para-hydroxylation sites is 1. The summed E-state index contributed by atoms with van der Waals surface area (Å²) in [5, 5.41) is 3.27. The number of rotatable bonds is 2. The van der Waals surface area contributed by atoms with Gasteiger partial charge in [-0.2, -0.15) is 0 Å². The van der Waals surface area contributed by atoms with Crippen molar-refractivity contribution >= 4 is 11.7 Å². The number of nitrogens with one attached hydrogen (secondary N) is 1. The number of esters is 1. The Morgan fingerprint density at radius 2 is 2.19 bits per heavy atom. The van der Waals surface area contributed by atoms with Crippen molar-refractivity contribution in [2.45, 2.75) is 26.4 Å². The van der Waals surface area contributed by atoms with Crippen molar-refractivity contribution in [3.8, 4) is 0 Å². The van der Waals surface area contributed by atoms with Crippen LogP contribution in [-0.2, 0) is 16.0 Å². The van der Waals surface area contributed by atoms with Crippen LogP contribution in [0.25, 0.3) is 0 Å². The highest BCUT2D eigenvalue weighted by Crippen LogP contribution is 2.24. The highest BCUT2D eigenvalue weighted by atomic mass is 16.5. The van der Waals surface area contributed by atoms with Crippen molar-refractivity contribution in [1.82, 2.24) is 0 Å². The molecule has 16 heavy (non-hydrogen) atoms. The maximum Gasteiger partial charge on any atom is 0.311 e. The van der Waals surface area contributed by atoms with Gasteiger partial charge in [0.05, 0.1) is 12.0 Å². The molecule has 0 spiro atoms. The molecule has 1 aliphatic rings. The molecule has 0 bridgehead atoms. The van der Waals surface area contributed by atoms with Gasteiger partial charge in [-0.15, -0.1) is 0 Å². The third kappa shape index (κ3) is 2.35. The van der Waals surface area contributed by atoms with Crippen LogP contribution in [0.15, 0.2) is 24.3 Å². The van der Waals surface area contributed by atoms with Crippen LogP contribution in [0.1, 0.15) is 19.4 Å². The Balaban J connectivity index is 2.05. The lowest BCUT2D eigenvalue weighted by Gasteiger charge is -2.25. The molecule has 0 saturated heterocycles. The summed E-state index contributed by atoms with van der Waals surface area (Å²) in [6.45, 7) is 4.42. The number of fused-ring (bicyclic) bond motifs is 1. The quantitative estimate of drug-likeness (QED) is 0.775. The molecule has 0 radical (unpaired) electrons. The van der Waals surface area contributed by atoms with Gasteiger partial charge in [0.25, 0.3) is 0 Å². The van der Waals surface area contributed by atoms with Crippen LogP contribution in [0, 0.1) is 5.92 Å². The molecular formula is C13H17NO2. The first-order valence-electron chi connectivity index (χ1n) is 5.69. The van der Waals surface area contributed by atoms with Crippen LogP contribution >= 0.6 is 0 Å². The van der Waals surface area contributed by atoms with Gasteiger partial charge in [-0.05, 0) is 31.9 Å². The summed E-state index contributed by atoms with van der Waals surface area (Å²) in [4.78, 5) is 11.8. The van der Waals surface area contributed by atoms with Crippen molar-refractivity contribution < 1.29 is 9.53 Å². The van der Waals surface area contributed by atoms with Crippen molar-refractivity contribution in [2.24, 2.45) is 5.92 Å². The average molecular weight is 219 g/mol. The molecule has 1 heterocycles. The minimum atomic E-state index is -0.1000. The summed E-state index contributed by atoms with van der Waals surface area (Å²) in [6.07, 6.45) is 0.735. The van der Waals surface area contributed by atoms with Crippen molar-refractivity contribution in [3.05, 3.63) is 29.8 Å². The number of hydrogen-bond acceptors (Lipinski definition) is 3. The lowest BCUT2D eigenvalue weighted by Crippen LogP contribution is -2.32. The van der Waals surface area contributed by atoms with Crippen LogP contribution in [0.5, 0.6) is 0 Å². The van der Waals surface area contributed by atoms with Gasteiger partial charge in [0.15, 0.2) is 0 Å². The van der Waals surface area contributed by atoms with E-state index in [1.54, 1.807) is 0 Å². The molecule has 1 aliphatic heterocycles. The molecule has 3 heteroatoms. The van der Waals surface area contributed by atoms with Gasteiger partial charge in [-0.3, -0.25) is 4.79 Å². The van der Waals surface area contributed by atoms with Gasteiger partial charge in [0.2, 0.25) is 0 Å². The molecule has 3 nitrogen and oxygen atoms in total. The lowest BCUT2D eigenvalue weighted by atomic mass is 9.94. The highest BCUT2D eigenvalue weighted by molar-refractivity contribution is 5.75. The van der Waals surface area contributed by atoms with E-state index in [1.807, 2.05) is 32.0 Å². The second kappa shape index (κ2) is 4.56. The monoisotopic (exact) mass is 219 g/mol. The standard InChI is InChI=1S/C13H17NO2/c1-9(2)16-13(15)11-7-10-5-3-4-6-12(10)14-8-11/h3-6,9,11,14H,7-8H2,1-2H3. The van der Waals surface area contributed by atoms with Crippen LogP contribution in [-0.4, -0.2) is 18.6 Å². The van der Waals surface area contributed by atoms with E-state index in [0.717, 1.165) is 12.1 Å². The molecule has 0 aliphatic carbocycles. The molecule has 0 aromatic heterocycles. The van der Waals surface area contributed by atoms with E-state index >= 15 is 0 Å². The second-order valence-corrected chi connectivity index (χ2v) is 4.42. The predicted octanol–water partition coefficient (Wildman–Crippen LogP) is 2.22. The van der Waals surface area contributed by atoms with Crippen LogP contribution < -0.4 is 5.32 Å². The predicted molar refractivity (Wildman–Crippen MR) is 63.4 cm³/mol. The zero-order valence-corrected chi connectivity index (χ0v) is 9.69. The van der Waals surface area contributed by atoms with Crippen molar-refractivity contribution in [3.63, 3.8) is 0 Å². The van der Waals surface area contributed by atoms with E-state index in [2.05, 4.69) is 11.4 Å². The Morgan fingerprint density at radius 1 is 1.44 bits per heavy atom. The number of ether oxygens (including phenoxy) is 1. The fraction of sp³-hybridized carbons (Fsp3) is 0.462. The first kappa shape index (κ1) is 11.0. The Kier molecular flexibility index (Phi) is 3.13. The first-order chi connectivity index (χ1) is 7.66. The van der Waals surface area contributed by atoms with Gasteiger partial charge in [0.1, 0.15) is 0 Å². The summed E-state index contributed by atoms with van der Waals surface area (Å²) in [6, 6.07) is 8.09. The molecule has 86 valence electrons. The topological polar surface area (TPSA) is 38.3 Å². The molecule has 1 aromatic rings. The van der Waals surface area contributed by atoms with E-state index in [4.69, 9.17) is 4.74 Å². The third-order valence-electron chi connectivity index (χ3n) is 2.71. The normalized spacial score (nSPS) is 18.8. The number of anilines is 1. The van der Waals surface area contributed by atoms with E-state index in [1.165, 1.54) is 5.56 Å². The molecule has 0 saturated carbocycles. The molecule has 1 N–H and O–H groups in total. The minimum Gasteiger partial charge on any atom is -0.463 e. The molecule has 2 rings (SSSR count). The average Bonchev–Trinajstić information content (AvgIpc) is 2.27. The Morgan fingerprint density at radius 3 is 2.94 bits per heavy atom. The SMILES string of the molecule is CC(C)OC(=O)C1CNc2ccccc2C1. The van der Waals surface area contributed by atoms with Crippen molar-refractivity contribution in [1.29, 1.82) is 0 Å². The largest absolute Gasteiger partial charge is 0.463 e. The zero-order chi connectivity index (χ0) is 11.5. The van der Waals surface area contributed by atoms with Crippen molar-refractivity contribution in [2.75, 3.05) is 11.9 Å². The number of hydrogen-bond donors (Lipinski definition) is 1. The second-order valence-electron chi connectivity index (χ2n) is 4.42. The first-order valence-corrected chi connectivity index (χ1v) is 5.69. The molecule has 1 unspecified atom stereocenters. The van der Waals surface area contributed by atoms with E-state index in [0.29, 0.717) is 6.54 Å². The summed E-state index contributed by atoms with van der Waals surface area (Å²) in [5.41, 5.74) is 2.33. The van der Waals surface area contributed by atoms with Crippen LogP contribution in [0.3, 0.4) is 0 Å².